The highest BCUT2D eigenvalue weighted by molar-refractivity contribution is 6.74. The van der Waals surface area contributed by atoms with Crippen LogP contribution in [-0.4, -0.2) is 37.8 Å². The van der Waals surface area contributed by atoms with Gasteiger partial charge in [0.25, 0.3) is 0 Å². The third-order valence-electron chi connectivity index (χ3n) is 4.76. The van der Waals surface area contributed by atoms with Crippen LogP contribution in [0.25, 0.3) is 0 Å². The molecule has 0 amide bonds. The van der Waals surface area contributed by atoms with Gasteiger partial charge in [0, 0.05) is 12.0 Å². The van der Waals surface area contributed by atoms with E-state index >= 15 is 0 Å². The summed E-state index contributed by atoms with van der Waals surface area (Å²) < 4.78 is 12.0. The quantitative estimate of drug-likeness (QED) is 0.618. The van der Waals surface area contributed by atoms with Gasteiger partial charge in [-0.25, -0.2) is 0 Å². The maximum atomic E-state index is 9.27. The van der Waals surface area contributed by atoms with Crippen molar-refractivity contribution in [3.05, 3.63) is 0 Å². The summed E-state index contributed by atoms with van der Waals surface area (Å²) in [4.78, 5) is 0. The summed E-state index contributed by atoms with van der Waals surface area (Å²) in [6, 6.07) is 0. The number of hydrogen-bond acceptors (Lipinski definition) is 3. The van der Waals surface area contributed by atoms with Gasteiger partial charge >= 0.3 is 0 Å². The van der Waals surface area contributed by atoms with Crippen LogP contribution in [0.5, 0.6) is 0 Å². The molecular formula is C14H30O3Si. The van der Waals surface area contributed by atoms with E-state index in [0.29, 0.717) is 5.92 Å². The van der Waals surface area contributed by atoms with E-state index in [2.05, 4.69) is 47.7 Å². The smallest absolute Gasteiger partial charge is 0.192 e. The average molecular weight is 274 g/mol. The average Bonchev–Trinajstić information content (AvgIpc) is 2.88. The van der Waals surface area contributed by atoms with Crippen molar-refractivity contribution in [2.45, 2.75) is 77.5 Å². The molecule has 0 aromatic heterocycles. The number of ether oxygens (including phenoxy) is 1. The van der Waals surface area contributed by atoms with Crippen molar-refractivity contribution >= 4 is 8.32 Å². The molecule has 0 radical (unpaired) electrons. The normalized spacial score (nSPS) is 32.2. The maximum Gasteiger partial charge on any atom is 0.192 e. The van der Waals surface area contributed by atoms with Crippen LogP contribution in [0.4, 0.5) is 0 Å². The number of hydrogen-bond donors (Lipinski definition) is 1. The summed E-state index contributed by atoms with van der Waals surface area (Å²) in [6.07, 6.45) is 0.298. The van der Waals surface area contributed by atoms with Crippen molar-refractivity contribution in [2.24, 2.45) is 5.92 Å². The van der Waals surface area contributed by atoms with Gasteiger partial charge in [-0.15, -0.1) is 0 Å². The first-order chi connectivity index (χ1) is 7.94. The predicted molar refractivity (Wildman–Crippen MR) is 77.3 cm³/mol. The SMILES string of the molecule is C[C@H](C1O[C@]1(C)CO)[C@@H](C)O[Si](C)(C)C(C)(C)C. The van der Waals surface area contributed by atoms with Gasteiger partial charge in [0.2, 0.25) is 0 Å². The third-order valence-corrected chi connectivity index (χ3v) is 9.33. The van der Waals surface area contributed by atoms with Crippen LogP contribution in [0.1, 0.15) is 41.5 Å². The number of aliphatic hydroxyl groups is 1. The monoisotopic (exact) mass is 274 g/mol. The van der Waals surface area contributed by atoms with E-state index in [4.69, 9.17) is 9.16 Å². The van der Waals surface area contributed by atoms with Crippen LogP contribution in [0, 0.1) is 5.92 Å². The Morgan fingerprint density at radius 2 is 1.83 bits per heavy atom. The zero-order valence-electron chi connectivity index (χ0n) is 13.2. The molecule has 108 valence electrons. The van der Waals surface area contributed by atoms with Gasteiger partial charge in [0.15, 0.2) is 8.32 Å². The summed E-state index contributed by atoms with van der Waals surface area (Å²) >= 11 is 0. The van der Waals surface area contributed by atoms with Crippen LogP contribution in [0.15, 0.2) is 0 Å². The van der Waals surface area contributed by atoms with Gasteiger partial charge < -0.3 is 14.3 Å². The van der Waals surface area contributed by atoms with E-state index in [1.165, 1.54) is 0 Å². The topological polar surface area (TPSA) is 42.0 Å². The zero-order valence-corrected chi connectivity index (χ0v) is 14.2. The molecule has 0 bridgehead atoms. The van der Waals surface area contributed by atoms with Gasteiger partial charge in [-0.05, 0) is 32.0 Å². The minimum absolute atomic E-state index is 0.0921. The van der Waals surface area contributed by atoms with E-state index < -0.39 is 8.32 Å². The fourth-order valence-electron chi connectivity index (χ4n) is 2.04. The lowest BCUT2D eigenvalue weighted by atomic mass is 9.94. The molecule has 1 unspecified atom stereocenters. The Labute approximate surface area is 113 Å². The molecule has 0 aromatic carbocycles. The minimum atomic E-state index is -1.72. The highest BCUT2D eigenvalue weighted by Gasteiger charge is 2.56. The number of epoxide rings is 1. The molecule has 0 aromatic rings. The van der Waals surface area contributed by atoms with Crippen molar-refractivity contribution in [3.8, 4) is 0 Å². The zero-order chi connectivity index (χ0) is 14.4. The van der Waals surface area contributed by atoms with E-state index in [1.54, 1.807) is 0 Å². The molecule has 1 aliphatic heterocycles. The maximum absolute atomic E-state index is 9.27. The second-order valence-corrected chi connectivity index (χ2v) is 12.2. The Morgan fingerprint density at radius 1 is 1.33 bits per heavy atom. The highest BCUT2D eigenvalue weighted by atomic mass is 28.4. The molecule has 4 heteroatoms. The Bertz CT molecular complexity index is 298. The van der Waals surface area contributed by atoms with E-state index in [0.717, 1.165) is 0 Å². The van der Waals surface area contributed by atoms with Crippen LogP contribution < -0.4 is 0 Å². The van der Waals surface area contributed by atoms with Crippen molar-refractivity contribution < 1.29 is 14.3 Å². The largest absolute Gasteiger partial charge is 0.414 e. The van der Waals surface area contributed by atoms with Crippen molar-refractivity contribution in [1.82, 2.24) is 0 Å². The van der Waals surface area contributed by atoms with Crippen LogP contribution in [-0.2, 0) is 9.16 Å². The molecule has 1 aliphatic rings. The molecule has 0 spiro atoms. The molecule has 1 heterocycles. The van der Waals surface area contributed by atoms with Gasteiger partial charge in [-0.3, -0.25) is 0 Å². The molecule has 4 atom stereocenters. The second-order valence-electron chi connectivity index (χ2n) is 7.45. The van der Waals surface area contributed by atoms with Gasteiger partial charge in [0.1, 0.15) is 5.60 Å². The van der Waals surface area contributed by atoms with Crippen molar-refractivity contribution in [2.75, 3.05) is 6.61 Å². The molecule has 18 heavy (non-hydrogen) atoms. The molecule has 1 N–H and O–H groups in total. The molecular weight excluding hydrogens is 244 g/mol. The first kappa shape index (κ1) is 16.2. The van der Waals surface area contributed by atoms with Gasteiger partial charge in [-0.2, -0.15) is 0 Å². The first-order valence-electron chi connectivity index (χ1n) is 6.91. The van der Waals surface area contributed by atoms with Crippen LogP contribution >= 0.6 is 0 Å². The van der Waals surface area contributed by atoms with Crippen LogP contribution in [0.3, 0.4) is 0 Å². The van der Waals surface area contributed by atoms with Gasteiger partial charge in [-0.1, -0.05) is 27.7 Å². The summed E-state index contributed by atoms with van der Waals surface area (Å²) in [5.41, 5.74) is -0.343. The van der Waals surface area contributed by atoms with Crippen molar-refractivity contribution in [1.29, 1.82) is 0 Å². The molecule has 1 fully saturated rings. The van der Waals surface area contributed by atoms with Crippen LogP contribution in [0.2, 0.25) is 18.1 Å². The Balaban J connectivity index is 2.59. The summed E-state index contributed by atoms with van der Waals surface area (Å²) in [5, 5.41) is 9.50. The lowest BCUT2D eigenvalue weighted by molar-refractivity contribution is 0.123. The predicted octanol–water partition coefficient (Wildman–Crippen LogP) is 3.18. The summed E-state index contributed by atoms with van der Waals surface area (Å²) in [5.74, 6) is 0.316. The lowest BCUT2D eigenvalue weighted by Crippen LogP contribution is -2.45. The summed E-state index contributed by atoms with van der Waals surface area (Å²) in [6.45, 7) is 17.6. The number of aliphatic hydroxyl groups excluding tert-OH is 1. The Morgan fingerprint density at radius 3 is 2.17 bits per heavy atom. The molecule has 0 aliphatic carbocycles. The lowest BCUT2D eigenvalue weighted by Gasteiger charge is -2.39. The first-order valence-corrected chi connectivity index (χ1v) is 9.82. The van der Waals surface area contributed by atoms with E-state index in [9.17, 15) is 5.11 Å². The molecule has 1 rings (SSSR count). The standard InChI is InChI=1S/C14H30O3Si/c1-10(12-14(6,9-15)16-12)11(2)17-18(7,8)13(3,4)5/h10-12,15H,9H2,1-8H3/t10-,11+,12?,14+/m0/s1. The third kappa shape index (κ3) is 3.16. The summed E-state index contributed by atoms with van der Waals surface area (Å²) in [7, 11) is -1.72. The van der Waals surface area contributed by atoms with E-state index in [1.807, 2.05) is 6.92 Å². The second kappa shape index (κ2) is 4.89. The Hall–Kier alpha value is 0.0969. The fourth-order valence-corrected chi connectivity index (χ4v) is 3.54. The highest BCUT2D eigenvalue weighted by Crippen LogP contribution is 2.44. The number of rotatable bonds is 5. The molecule has 0 saturated carbocycles. The minimum Gasteiger partial charge on any atom is -0.414 e. The molecule has 3 nitrogen and oxygen atoms in total. The van der Waals surface area contributed by atoms with E-state index in [-0.39, 0.29) is 29.5 Å². The van der Waals surface area contributed by atoms with Gasteiger partial charge in [0.05, 0.1) is 12.7 Å². The fraction of sp³-hybridized carbons (Fsp3) is 1.00. The molecule has 1 saturated heterocycles. The van der Waals surface area contributed by atoms with Crippen molar-refractivity contribution in [3.63, 3.8) is 0 Å². The Kier molecular flexibility index (Phi) is 4.39.